The Bertz CT molecular complexity index is 641. The van der Waals surface area contributed by atoms with E-state index in [2.05, 4.69) is 10.9 Å². The van der Waals surface area contributed by atoms with Gasteiger partial charge >= 0.3 is 5.69 Å². The van der Waals surface area contributed by atoms with E-state index in [0.717, 1.165) is 0 Å². The van der Waals surface area contributed by atoms with Crippen molar-refractivity contribution in [3.8, 4) is 12.1 Å². The molecule has 2 heterocycles. The maximum absolute atomic E-state index is 12.2. The average molecular weight is 268 g/mol. The molecule has 6 nitrogen and oxygen atoms in total. The smallest absolute Gasteiger partial charge is 0.330 e. The molecule has 0 aliphatic carbocycles. The van der Waals surface area contributed by atoms with Crippen LogP contribution in [0.2, 0.25) is 0 Å². The highest BCUT2D eigenvalue weighted by Gasteiger charge is 2.44. The minimum absolute atomic E-state index is 0.170. The molecular weight excluding hydrogens is 255 g/mol. The van der Waals surface area contributed by atoms with Gasteiger partial charge in [0.25, 0.3) is 5.56 Å². The molecule has 0 bridgehead atoms. The van der Waals surface area contributed by atoms with Gasteiger partial charge in [0.1, 0.15) is 12.4 Å². The molecule has 0 saturated carbocycles. The predicted molar refractivity (Wildman–Crippen MR) is 63.9 cm³/mol. The fraction of sp³-hybridized carbons (Fsp3) is 0.500. The molecule has 0 aromatic carbocycles. The lowest BCUT2D eigenvalue weighted by Crippen LogP contribution is -2.35. The number of nitrogens with one attached hydrogen (secondary N) is 1. The second-order valence-electron chi connectivity index (χ2n) is 4.58. The molecule has 19 heavy (non-hydrogen) atoms. The molecular formula is C12H13FN2O4. The highest BCUT2D eigenvalue weighted by atomic mass is 19.1. The number of aromatic nitrogens is 2. The van der Waals surface area contributed by atoms with Gasteiger partial charge in [0, 0.05) is 18.2 Å². The molecule has 2 rings (SSSR count). The Hall–Kier alpha value is -1.91. The molecule has 1 aliphatic heterocycles. The van der Waals surface area contributed by atoms with Crippen LogP contribution in [0.3, 0.4) is 0 Å². The normalized spacial score (nSPS) is 29.8. The standard InChI is InChI=1S/C12H13FN2O4/c1-8-6-12(7-16,3-4-13)19-10(8)15-5-2-9(17)14-11(15)18/h2,5,8,10,16H,6-7H2,1H3,(H,14,17,18)/t8-,10+,12-/m0/s1. The first-order chi connectivity index (χ1) is 9.01. The summed E-state index contributed by atoms with van der Waals surface area (Å²) in [6.07, 6.45) is 2.12. The summed E-state index contributed by atoms with van der Waals surface area (Å²) in [5, 5.41) is 9.30. The zero-order chi connectivity index (χ0) is 14.0. The third-order valence-electron chi connectivity index (χ3n) is 3.14. The van der Waals surface area contributed by atoms with Crippen molar-refractivity contribution < 1.29 is 14.2 Å². The lowest BCUT2D eigenvalue weighted by Gasteiger charge is -2.21. The molecule has 0 spiro atoms. The molecule has 0 amide bonds. The number of hydrogen-bond acceptors (Lipinski definition) is 4. The Kier molecular flexibility index (Phi) is 3.55. The van der Waals surface area contributed by atoms with Crippen LogP contribution in [-0.4, -0.2) is 26.9 Å². The number of H-pyrrole nitrogens is 1. The summed E-state index contributed by atoms with van der Waals surface area (Å²) in [5.41, 5.74) is -2.44. The molecule has 7 heteroatoms. The van der Waals surface area contributed by atoms with Crippen LogP contribution in [0, 0.1) is 18.0 Å². The lowest BCUT2D eigenvalue weighted by atomic mass is 9.96. The number of aliphatic hydroxyl groups is 1. The van der Waals surface area contributed by atoms with Crippen LogP contribution < -0.4 is 11.2 Å². The molecule has 1 aliphatic rings. The van der Waals surface area contributed by atoms with Gasteiger partial charge in [-0.05, 0) is 12.3 Å². The Labute approximate surface area is 107 Å². The van der Waals surface area contributed by atoms with E-state index in [-0.39, 0.29) is 12.3 Å². The SMILES string of the molecule is C[C@H]1C[C@@](C#CF)(CO)O[C@H]1n1ccc(=O)[nH]c1=O. The highest BCUT2D eigenvalue weighted by Crippen LogP contribution is 2.39. The Morgan fingerprint density at radius 2 is 2.42 bits per heavy atom. The van der Waals surface area contributed by atoms with Gasteiger partial charge in [-0.25, -0.2) is 4.79 Å². The first kappa shape index (κ1) is 13.5. The maximum atomic E-state index is 12.2. The number of aromatic amines is 1. The van der Waals surface area contributed by atoms with Gasteiger partial charge in [-0.15, -0.1) is 4.39 Å². The van der Waals surface area contributed by atoms with Crippen LogP contribution in [0.25, 0.3) is 0 Å². The highest BCUT2D eigenvalue weighted by molar-refractivity contribution is 5.14. The van der Waals surface area contributed by atoms with Crippen molar-refractivity contribution in [2.75, 3.05) is 6.61 Å². The van der Waals surface area contributed by atoms with Crippen LogP contribution in [0.1, 0.15) is 19.6 Å². The Morgan fingerprint density at radius 1 is 1.68 bits per heavy atom. The summed E-state index contributed by atoms with van der Waals surface area (Å²) in [6, 6.07) is 1.19. The maximum Gasteiger partial charge on any atom is 0.330 e. The summed E-state index contributed by atoms with van der Waals surface area (Å²) in [5.74, 6) is 2.02. The summed E-state index contributed by atoms with van der Waals surface area (Å²) >= 11 is 0. The molecule has 0 radical (unpaired) electrons. The molecule has 0 unspecified atom stereocenters. The van der Waals surface area contributed by atoms with Gasteiger partial charge in [-0.3, -0.25) is 14.3 Å². The second kappa shape index (κ2) is 4.99. The van der Waals surface area contributed by atoms with E-state index in [1.54, 1.807) is 6.92 Å². The second-order valence-corrected chi connectivity index (χ2v) is 4.58. The van der Waals surface area contributed by atoms with Gasteiger partial charge in [0.2, 0.25) is 0 Å². The van der Waals surface area contributed by atoms with Crippen LogP contribution in [-0.2, 0) is 4.74 Å². The number of nitrogens with zero attached hydrogens (tertiary/aromatic N) is 1. The zero-order valence-electron chi connectivity index (χ0n) is 10.2. The first-order valence-corrected chi connectivity index (χ1v) is 5.74. The van der Waals surface area contributed by atoms with E-state index in [0.29, 0.717) is 0 Å². The van der Waals surface area contributed by atoms with Gasteiger partial charge in [-0.2, -0.15) is 0 Å². The Balaban J connectivity index is 2.39. The van der Waals surface area contributed by atoms with Crippen LogP contribution >= 0.6 is 0 Å². The van der Waals surface area contributed by atoms with Crippen molar-refractivity contribution in [3.05, 3.63) is 33.1 Å². The summed E-state index contributed by atoms with van der Waals surface area (Å²) in [4.78, 5) is 24.8. The van der Waals surface area contributed by atoms with Gasteiger partial charge in [0.15, 0.2) is 5.60 Å². The number of hydrogen-bond donors (Lipinski definition) is 2. The number of ether oxygens (including phenoxy) is 1. The van der Waals surface area contributed by atoms with Crippen LogP contribution in [0.4, 0.5) is 4.39 Å². The van der Waals surface area contributed by atoms with E-state index >= 15 is 0 Å². The molecule has 1 saturated heterocycles. The number of halogens is 1. The molecule has 1 aromatic heterocycles. The third kappa shape index (κ3) is 2.45. The monoisotopic (exact) mass is 268 g/mol. The van der Waals surface area contributed by atoms with Crippen molar-refractivity contribution in [2.24, 2.45) is 5.92 Å². The Morgan fingerprint density at radius 3 is 3.00 bits per heavy atom. The molecule has 1 fully saturated rings. The fourth-order valence-corrected chi connectivity index (χ4v) is 2.28. The first-order valence-electron chi connectivity index (χ1n) is 5.74. The summed E-state index contributed by atoms with van der Waals surface area (Å²) < 4.78 is 18.9. The fourth-order valence-electron chi connectivity index (χ4n) is 2.28. The van der Waals surface area contributed by atoms with Crippen LogP contribution in [0.15, 0.2) is 21.9 Å². The van der Waals surface area contributed by atoms with Gasteiger partial charge < -0.3 is 9.84 Å². The average Bonchev–Trinajstić information content (AvgIpc) is 2.68. The molecule has 3 atom stereocenters. The predicted octanol–water partition coefficient (Wildman–Crippen LogP) is -0.247. The minimum atomic E-state index is -1.31. The molecule has 102 valence electrons. The largest absolute Gasteiger partial charge is 0.392 e. The molecule has 1 aromatic rings. The van der Waals surface area contributed by atoms with Crippen LogP contribution in [0.5, 0.6) is 0 Å². The van der Waals surface area contributed by atoms with E-state index in [1.165, 1.54) is 23.0 Å². The number of rotatable bonds is 2. The van der Waals surface area contributed by atoms with E-state index in [4.69, 9.17) is 4.74 Å². The quantitative estimate of drug-likeness (QED) is 0.725. The third-order valence-corrected chi connectivity index (χ3v) is 3.14. The van der Waals surface area contributed by atoms with E-state index in [9.17, 15) is 19.1 Å². The van der Waals surface area contributed by atoms with Crippen molar-refractivity contribution in [2.45, 2.75) is 25.2 Å². The van der Waals surface area contributed by atoms with Gasteiger partial charge in [-0.1, -0.05) is 6.92 Å². The minimum Gasteiger partial charge on any atom is -0.392 e. The van der Waals surface area contributed by atoms with Crippen molar-refractivity contribution in [1.29, 1.82) is 0 Å². The van der Waals surface area contributed by atoms with Gasteiger partial charge in [0.05, 0.1) is 6.61 Å². The van der Waals surface area contributed by atoms with E-state index < -0.39 is 29.7 Å². The molecule has 2 N–H and O–H groups in total. The van der Waals surface area contributed by atoms with E-state index in [1.807, 2.05) is 0 Å². The topological polar surface area (TPSA) is 84.3 Å². The van der Waals surface area contributed by atoms with Crippen molar-refractivity contribution in [3.63, 3.8) is 0 Å². The zero-order valence-corrected chi connectivity index (χ0v) is 10.2. The van der Waals surface area contributed by atoms with Crippen molar-refractivity contribution in [1.82, 2.24) is 9.55 Å². The summed E-state index contributed by atoms with van der Waals surface area (Å²) in [7, 11) is 0. The van der Waals surface area contributed by atoms with Crippen molar-refractivity contribution >= 4 is 0 Å². The lowest BCUT2D eigenvalue weighted by molar-refractivity contribution is -0.0711. The summed E-state index contributed by atoms with van der Waals surface area (Å²) in [6.45, 7) is 1.32. The number of aliphatic hydroxyl groups excluding tert-OH is 1.